The summed E-state index contributed by atoms with van der Waals surface area (Å²) in [5.74, 6) is 0.439. The van der Waals surface area contributed by atoms with E-state index < -0.39 is 0 Å². The van der Waals surface area contributed by atoms with Gasteiger partial charge in [-0.3, -0.25) is 10.1 Å². The number of aryl methyl sites for hydroxylation is 1. The lowest BCUT2D eigenvalue weighted by atomic mass is 9.86. The molecule has 0 fully saturated rings. The van der Waals surface area contributed by atoms with Gasteiger partial charge in [-0.05, 0) is 12.3 Å². The second-order valence-corrected chi connectivity index (χ2v) is 5.14. The Kier molecular flexibility index (Phi) is 4.28. The molecule has 17 heavy (non-hydrogen) atoms. The topological polar surface area (TPSA) is 64.4 Å². The number of methoxy groups -OCH3 is 1. The molecule has 0 aliphatic heterocycles. The highest BCUT2D eigenvalue weighted by molar-refractivity contribution is 5.76. The van der Waals surface area contributed by atoms with Crippen molar-refractivity contribution in [2.24, 2.45) is 5.41 Å². The minimum atomic E-state index is -0.377. The predicted octanol–water partition coefficient (Wildman–Crippen LogP) is 1.66. The molecule has 0 aromatic carbocycles. The zero-order valence-electron chi connectivity index (χ0n) is 11.0. The number of ether oxygens (including phenoxy) is 1. The number of nitrogens with one attached hydrogen (secondary N) is 1. The third-order valence-electron chi connectivity index (χ3n) is 2.46. The lowest BCUT2D eigenvalue weighted by molar-refractivity contribution is -0.146. The molecular formula is C12H20N2O3. The van der Waals surface area contributed by atoms with Gasteiger partial charge in [-0.25, -0.2) is 0 Å². The first-order valence-corrected chi connectivity index (χ1v) is 5.58. The number of rotatable bonds is 4. The third-order valence-corrected chi connectivity index (χ3v) is 2.46. The predicted molar refractivity (Wildman–Crippen MR) is 63.3 cm³/mol. The van der Waals surface area contributed by atoms with Gasteiger partial charge in [-0.2, -0.15) is 0 Å². The first-order chi connectivity index (χ1) is 7.84. The van der Waals surface area contributed by atoms with Crippen LogP contribution < -0.4 is 5.32 Å². The molecular weight excluding hydrogens is 220 g/mol. The summed E-state index contributed by atoms with van der Waals surface area (Å²) in [6.07, 6.45) is 0. The van der Waals surface area contributed by atoms with Crippen molar-refractivity contribution in [2.75, 3.05) is 7.11 Å². The van der Waals surface area contributed by atoms with E-state index >= 15 is 0 Å². The number of nitrogens with zero attached hydrogens (tertiary/aromatic N) is 1. The van der Waals surface area contributed by atoms with E-state index in [1.54, 1.807) is 0 Å². The van der Waals surface area contributed by atoms with E-state index in [-0.39, 0.29) is 17.4 Å². The Morgan fingerprint density at radius 3 is 2.65 bits per heavy atom. The maximum absolute atomic E-state index is 11.7. The van der Waals surface area contributed by atoms with Crippen LogP contribution in [0, 0.1) is 12.3 Å². The van der Waals surface area contributed by atoms with Gasteiger partial charge in [0.25, 0.3) is 0 Å². The average Bonchev–Trinajstić information content (AvgIpc) is 2.62. The fraction of sp³-hybridized carbons (Fsp3) is 0.667. The first kappa shape index (κ1) is 13.7. The number of esters is 1. The quantitative estimate of drug-likeness (QED) is 0.811. The Morgan fingerprint density at radius 2 is 2.24 bits per heavy atom. The molecule has 0 aliphatic rings. The largest absolute Gasteiger partial charge is 0.468 e. The van der Waals surface area contributed by atoms with Crippen molar-refractivity contribution in [2.45, 2.75) is 40.3 Å². The Balaban J connectivity index is 2.65. The molecule has 0 bridgehead atoms. The lowest BCUT2D eigenvalue weighted by Crippen LogP contribution is -2.46. The molecule has 96 valence electrons. The highest BCUT2D eigenvalue weighted by Crippen LogP contribution is 2.20. The molecule has 0 radical (unpaired) electrons. The van der Waals surface area contributed by atoms with Crippen molar-refractivity contribution in [3.63, 3.8) is 0 Å². The summed E-state index contributed by atoms with van der Waals surface area (Å²) >= 11 is 0. The van der Waals surface area contributed by atoms with Gasteiger partial charge in [0.1, 0.15) is 6.04 Å². The van der Waals surface area contributed by atoms with Crippen molar-refractivity contribution in [3.05, 3.63) is 17.5 Å². The molecule has 0 spiro atoms. The van der Waals surface area contributed by atoms with Crippen LogP contribution in [-0.2, 0) is 16.1 Å². The van der Waals surface area contributed by atoms with Crippen molar-refractivity contribution in [3.8, 4) is 0 Å². The van der Waals surface area contributed by atoms with Crippen molar-refractivity contribution in [1.29, 1.82) is 0 Å². The second-order valence-electron chi connectivity index (χ2n) is 5.14. The van der Waals surface area contributed by atoms with Gasteiger partial charge in [0.05, 0.1) is 19.3 Å². The monoisotopic (exact) mass is 240 g/mol. The smallest absolute Gasteiger partial charge is 0.323 e. The normalized spacial score (nSPS) is 13.5. The standard InChI is InChI=1S/C12H20N2O3/c1-8-6-9(17-14-8)7-13-10(11(15)16-5)12(2,3)4/h6,10,13H,7H2,1-5H3/t10-/m1/s1. The average molecular weight is 240 g/mol. The van der Waals surface area contributed by atoms with Crippen molar-refractivity contribution < 1.29 is 14.1 Å². The molecule has 0 unspecified atom stereocenters. The van der Waals surface area contributed by atoms with Crippen LogP contribution in [0.15, 0.2) is 10.6 Å². The van der Waals surface area contributed by atoms with Gasteiger partial charge in [-0.1, -0.05) is 25.9 Å². The summed E-state index contributed by atoms with van der Waals surface area (Å²) in [7, 11) is 1.39. The SMILES string of the molecule is COC(=O)[C@@H](NCc1cc(C)no1)C(C)(C)C. The molecule has 1 atom stereocenters. The van der Waals surface area contributed by atoms with Crippen molar-refractivity contribution in [1.82, 2.24) is 10.5 Å². The molecule has 5 heteroatoms. The van der Waals surface area contributed by atoms with Gasteiger partial charge in [0, 0.05) is 6.07 Å². The molecule has 5 nitrogen and oxygen atoms in total. The molecule has 0 amide bonds. The number of hydrogen-bond acceptors (Lipinski definition) is 5. The van der Waals surface area contributed by atoms with Gasteiger partial charge >= 0.3 is 5.97 Å². The van der Waals surface area contributed by atoms with Crippen LogP contribution >= 0.6 is 0 Å². The first-order valence-electron chi connectivity index (χ1n) is 5.58. The Hall–Kier alpha value is -1.36. The number of carbonyl (C=O) groups excluding carboxylic acids is 1. The highest BCUT2D eigenvalue weighted by atomic mass is 16.5. The minimum Gasteiger partial charge on any atom is -0.468 e. The molecule has 1 heterocycles. The van der Waals surface area contributed by atoms with Gasteiger partial charge in [0.15, 0.2) is 5.76 Å². The number of hydrogen-bond donors (Lipinski definition) is 1. The fourth-order valence-electron chi connectivity index (χ4n) is 1.56. The summed E-state index contributed by atoms with van der Waals surface area (Å²) in [4.78, 5) is 11.7. The van der Waals surface area contributed by atoms with E-state index in [0.717, 1.165) is 5.69 Å². The molecule has 0 saturated heterocycles. The fourth-order valence-corrected chi connectivity index (χ4v) is 1.56. The Labute approximate surface area is 102 Å². The van der Waals surface area contributed by atoms with Crippen LogP contribution in [0.3, 0.4) is 0 Å². The van der Waals surface area contributed by atoms with Crippen LogP contribution in [0.5, 0.6) is 0 Å². The van der Waals surface area contributed by atoms with E-state index in [9.17, 15) is 4.79 Å². The summed E-state index contributed by atoms with van der Waals surface area (Å²) < 4.78 is 9.86. The van der Waals surface area contributed by atoms with Crippen LogP contribution in [0.1, 0.15) is 32.2 Å². The Morgan fingerprint density at radius 1 is 1.59 bits per heavy atom. The molecule has 1 rings (SSSR count). The van der Waals surface area contributed by atoms with Crippen LogP contribution in [0.2, 0.25) is 0 Å². The molecule has 1 aromatic heterocycles. The Bertz CT molecular complexity index is 379. The van der Waals surface area contributed by atoms with Crippen LogP contribution in [-0.4, -0.2) is 24.3 Å². The zero-order valence-corrected chi connectivity index (χ0v) is 11.0. The number of aromatic nitrogens is 1. The molecule has 1 aromatic rings. The molecule has 0 aliphatic carbocycles. The van der Waals surface area contributed by atoms with Gasteiger partial charge < -0.3 is 9.26 Å². The summed E-state index contributed by atoms with van der Waals surface area (Å²) in [6, 6.07) is 1.46. The van der Waals surface area contributed by atoms with Crippen LogP contribution in [0.4, 0.5) is 0 Å². The summed E-state index contributed by atoms with van der Waals surface area (Å²) in [5.41, 5.74) is 0.606. The van der Waals surface area contributed by atoms with E-state index in [4.69, 9.17) is 9.26 Å². The second kappa shape index (κ2) is 5.31. The molecule has 0 saturated carbocycles. The highest BCUT2D eigenvalue weighted by Gasteiger charge is 2.31. The van der Waals surface area contributed by atoms with E-state index in [1.165, 1.54) is 7.11 Å². The summed E-state index contributed by atoms with van der Waals surface area (Å²) in [5, 5.41) is 6.92. The van der Waals surface area contributed by atoms with E-state index in [0.29, 0.717) is 12.3 Å². The van der Waals surface area contributed by atoms with E-state index in [1.807, 2.05) is 33.8 Å². The van der Waals surface area contributed by atoms with Gasteiger partial charge in [0.2, 0.25) is 0 Å². The lowest BCUT2D eigenvalue weighted by Gasteiger charge is -2.28. The van der Waals surface area contributed by atoms with Crippen LogP contribution in [0.25, 0.3) is 0 Å². The molecule has 1 N–H and O–H groups in total. The van der Waals surface area contributed by atoms with Gasteiger partial charge in [-0.15, -0.1) is 0 Å². The number of carbonyl (C=O) groups is 1. The van der Waals surface area contributed by atoms with E-state index in [2.05, 4.69) is 10.5 Å². The van der Waals surface area contributed by atoms with Crippen molar-refractivity contribution >= 4 is 5.97 Å². The maximum Gasteiger partial charge on any atom is 0.323 e. The summed E-state index contributed by atoms with van der Waals surface area (Å²) in [6.45, 7) is 8.25. The minimum absolute atomic E-state index is 0.220. The zero-order chi connectivity index (χ0) is 13.1. The maximum atomic E-state index is 11.7. The third kappa shape index (κ3) is 3.85.